The predicted octanol–water partition coefficient (Wildman–Crippen LogP) is 3.25. The number of aromatic nitrogens is 1. The van der Waals surface area contributed by atoms with E-state index in [-0.39, 0.29) is 11.9 Å². The molecule has 0 aliphatic carbocycles. The molecule has 1 aromatic heterocycles. The number of hydrogen-bond acceptors (Lipinski definition) is 5. The molecule has 1 fully saturated rings. The van der Waals surface area contributed by atoms with E-state index in [0.717, 1.165) is 42.6 Å². The molecule has 0 spiro atoms. The number of carbonyl (C=O) groups excluding carboxylic acids is 1. The van der Waals surface area contributed by atoms with Gasteiger partial charge in [-0.05, 0) is 31.5 Å². The number of halogens is 1. The number of nitrogens with one attached hydrogen (secondary N) is 1. The molecule has 1 aromatic carbocycles. The molecule has 1 saturated heterocycles. The van der Waals surface area contributed by atoms with Gasteiger partial charge in [-0.25, -0.2) is 4.98 Å². The Morgan fingerprint density at radius 3 is 2.75 bits per heavy atom. The third-order valence-electron chi connectivity index (χ3n) is 4.39. The molecule has 1 aliphatic heterocycles. The van der Waals surface area contributed by atoms with Gasteiger partial charge >= 0.3 is 0 Å². The quantitative estimate of drug-likeness (QED) is 0.904. The van der Waals surface area contributed by atoms with Crippen LogP contribution in [0.3, 0.4) is 0 Å². The van der Waals surface area contributed by atoms with Gasteiger partial charge in [-0.3, -0.25) is 9.69 Å². The van der Waals surface area contributed by atoms with Gasteiger partial charge in [0.05, 0.1) is 6.04 Å². The summed E-state index contributed by atoms with van der Waals surface area (Å²) in [4.78, 5) is 21.4. The lowest BCUT2D eigenvalue weighted by molar-refractivity contribution is -0.120. The molecule has 7 heteroatoms. The molecule has 3 rings (SSSR count). The van der Waals surface area contributed by atoms with Crippen LogP contribution < -0.4 is 10.2 Å². The molecular weight excluding hydrogens is 344 g/mol. The lowest BCUT2D eigenvalue weighted by Gasteiger charge is -2.37. The highest BCUT2D eigenvalue weighted by molar-refractivity contribution is 7.13. The first kappa shape index (κ1) is 17.2. The summed E-state index contributed by atoms with van der Waals surface area (Å²) in [6, 6.07) is 5.35. The summed E-state index contributed by atoms with van der Waals surface area (Å²) >= 11 is 7.68. The summed E-state index contributed by atoms with van der Waals surface area (Å²) in [6.07, 6.45) is 1.83. The van der Waals surface area contributed by atoms with Gasteiger partial charge in [-0.2, -0.15) is 0 Å². The minimum absolute atomic E-state index is 0.00284. The molecule has 128 valence electrons. The summed E-state index contributed by atoms with van der Waals surface area (Å²) < 4.78 is 0. The Morgan fingerprint density at radius 2 is 2.08 bits per heavy atom. The number of carbonyl (C=O) groups is 1. The second kappa shape index (κ2) is 7.51. The van der Waals surface area contributed by atoms with Crippen molar-refractivity contribution in [1.29, 1.82) is 0 Å². The fourth-order valence-electron chi connectivity index (χ4n) is 2.80. The van der Waals surface area contributed by atoms with E-state index in [1.54, 1.807) is 17.4 Å². The van der Waals surface area contributed by atoms with Crippen LogP contribution in [0.1, 0.15) is 12.5 Å². The van der Waals surface area contributed by atoms with Crippen molar-refractivity contribution >= 4 is 39.7 Å². The molecule has 1 atom stereocenters. The van der Waals surface area contributed by atoms with Gasteiger partial charge in [-0.15, -0.1) is 11.3 Å². The van der Waals surface area contributed by atoms with E-state index in [0.29, 0.717) is 5.02 Å². The number of rotatable bonds is 4. The molecule has 2 aromatic rings. The number of benzene rings is 1. The van der Waals surface area contributed by atoms with E-state index in [1.807, 2.05) is 37.6 Å². The van der Waals surface area contributed by atoms with E-state index in [2.05, 4.69) is 20.1 Å². The molecular formula is C17H21ClN4OS. The summed E-state index contributed by atoms with van der Waals surface area (Å²) in [6.45, 7) is 7.39. The van der Waals surface area contributed by atoms with Crippen LogP contribution in [-0.2, 0) is 4.79 Å². The van der Waals surface area contributed by atoms with Gasteiger partial charge in [0.2, 0.25) is 5.91 Å². The number of piperazine rings is 1. The highest BCUT2D eigenvalue weighted by atomic mass is 35.5. The fourth-order valence-corrected chi connectivity index (χ4v) is 3.67. The molecule has 1 N–H and O–H groups in total. The molecule has 0 bridgehead atoms. The van der Waals surface area contributed by atoms with Gasteiger partial charge in [0.15, 0.2) is 5.13 Å². The van der Waals surface area contributed by atoms with Gasteiger partial charge < -0.3 is 10.2 Å². The van der Waals surface area contributed by atoms with E-state index < -0.39 is 0 Å². The van der Waals surface area contributed by atoms with E-state index in [1.165, 1.54) is 0 Å². The van der Waals surface area contributed by atoms with Crippen molar-refractivity contribution in [3.05, 3.63) is 40.4 Å². The van der Waals surface area contributed by atoms with Crippen LogP contribution in [0.5, 0.6) is 0 Å². The minimum atomic E-state index is -0.179. The normalized spacial score (nSPS) is 16.9. The average molecular weight is 365 g/mol. The van der Waals surface area contributed by atoms with E-state index >= 15 is 0 Å². The Bertz CT molecular complexity index is 699. The fraction of sp³-hybridized carbons (Fsp3) is 0.412. The van der Waals surface area contributed by atoms with Crippen molar-refractivity contribution in [3.8, 4) is 0 Å². The summed E-state index contributed by atoms with van der Waals surface area (Å²) in [5.74, 6) is 0.00284. The lowest BCUT2D eigenvalue weighted by Crippen LogP contribution is -2.52. The van der Waals surface area contributed by atoms with Crippen LogP contribution in [-0.4, -0.2) is 48.0 Å². The third-order valence-corrected chi connectivity index (χ3v) is 5.46. The van der Waals surface area contributed by atoms with Crippen molar-refractivity contribution in [2.45, 2.75) is 19.9 Å². The first-order valence-electron chi connectivity index (χ1n) is 8.00. The standard InChI is InChI=1S/C17H21ClN4OS/c1-12-3-4-14(18)11-15(12)20-16(23)13(2)21-6-8-22(9-7-21)17-19-5-10-24-17/h3-5,10-11,13H,6-9H2,1-2H3,(H,20,23)/t13-/m0/s1. The molecule has 24 heavy (non-hydrogen) atoms. The monoisotopic (exact) mass is 364 g/mol. The highest BCUT2D eigenvalue weighted by Crippen LogP contribution is 2.22. The Balaban J connectivity index is 1.57. The lowest BCUT2D eigenvalue weighted by atomic mass is 10.1. The number of amides is 1. The van der Waals surface area contributed by atoms with Gasteiger partial charge in [0.1, 0.15) is 0 Å². The first-order chi connectivity index (χ1) is 11.5. The number of hydrogen-bond donors (Lipinski definition) is 1. The molecule has 0 radical (unpaired) electrons. The van der Waals surface area contributed by atoms with Crippen molar-refractivity contribution < 1.29 is 4.79 Å². The van der Waals surface area contributed by atoms with Gasteiger partial charge in [0.25, 0.3) is 0 Å². The van der Waals surface area contributed by atoms with Crippen LogP contribution >= 0.6 is 22.9 Å². The zero-order valence-electron chi connectivity index (χ0n) is 13.8. The van der Waals surface area contributed by atoms with E-state index in [4.69, 9.17) is 11.6 Å². The molecule has 0 saturated carbocycles. The maximum Gasteiger partial charge on any atom is 0.241 e. The molecule has 0 unspecified atom stereocenters. The number of aryl methyl sites for hydroxylation is 1. The maximum atomic E-state index is 12.6. The Hall–Kier alpha value is -1.63. The highest BCUT2D eigenvalue weighted by Gasteiger charge is 2.26. The van der Waals surface area contributed by atoms with Crippen LogP contribution in [0.25, 0.3) is 0 Å². The predicted molar refractivity (Wildman–Crippen MR) is 100 cm³/mol. The largest absolute Gasteiger partial charge is 0.346 e. The molecule has 5 nitrogen and oxygen atoms in total. The molecule has 1 amide bonds. The third kappa shape index (κ3) is 3.88. The van der Waals surface area contributed by atoms with Gasteiger partial charge in [-0.1, -0.05) is 17.7 Å². The second-order valence-electron chi connectivity index (χ2n) is 5.96. The zero-order chi connectivity index (χ0) is 17.1. The zero-order valence-corrected chi connectivity index (χ0v) is 15.4. The van der Waals surface area contributed by atoms with E-state index in [9.17, 15) is 4.79 Å². The SMILES string of the molecule is Cc1ccc(Cl)cc1NC(=O)[C@H](C)N1CCN(c2nccs2)CC1. The maximum absolute atomic E-state index is 12.6. The van der Waals surface area contributed by atoms with Gasteiger partial charge in [0, 0.05) is 48.5 Å². The Morgan fingerprint density at radius 1 is 1.33 bits per heavy atom. The second-order valence-corrected chi connectivity index (χ2v) is 7.27. The molecule has 2 heterocycles. The summed E-state index contributed by atoms with van der Waals surface area (Å²) in [5, 5.41) is 6.67. The van der Waals surface area contributed by atoms with Crippen LogP contribution in [0, 0.1) is 6.92 Å². The van der Waals surface area contributed by atoms with Crippen LogP contribution in [0.4, 0.5) is 10.8 Å². The van der Waals surface area contributed by atoms with Crippen LogP contribution in [0.2, 0.25) is 5.02 Å². The molecule has 1 aliphatic rings. The average Bonchev–Trinajstić information content (AvgIpc) is 3.12. The summed E-state index contributed by atoms with van der Waals surface area (Å²) in [7, 11) is 0. The van der Waals surface area contributed by atoms with Crippen molar-refractivity contribution in [3.63, 3.8) is 0 Å². The summed E-state index contributed by atoms with van der Waals surface area (Å²) in [5.41, 5.74) is 1.79. The topological polar surface area (TPSA) is 48.5 Å². The van der Waals surface area contributed by atoms with Crippen molar-refractivity contribution in [2.75, 3.05) is 36.4 Å². The number of anilines is 2. The smallest absolute Gasteiger partial charge is 0.241 e. The minimum Gasteiger partial charge on any atom is -0.346 e. The first-order valence-corrected chi connectivity index (χ1v) is 9.26. The van der Waals surface area contributed by atoms with Crippen molar-refractivity contribution in [1.82, 2.24) is 9.88 Å². The Kier molecular flexibility index (Phi) is 5.38. The van der Waals surface area contributed by atoms with Crippen molar-refractivity contribution in [2.24, 2.45) is 0 Å². The number of nitrogens with zero attached hydrogens (tertiary/aromatic N) is 3. The number of thiazole rings is 1. The van der Waals surface area contributed by atoms with Crippen LogP contribution in [0.15, 0.2) is 29.8 Å². The Labute approximate surface area is 151 Å².